The minimum Gasteiger partial charge on any atom is -0.355 e. The van der Waals surface area contributed by atoms with Crippen LogP contribution < -0.4 is 5.32 Å². The van der Waals surface area contributed by atoms with E-state index in [0.717, 1.165) is 17.8 Å². The molecule has 0 aromatic heterocycles. The number of benzene rings is 2. The van der Waals surface area contributed by atoms with Gasteiger partial charge >= 0.3 is 0 Å². The molecular formula is C18H19N. The third-order valence-corrected chi connectivity index (χ3v) is 2.77. The highest BCUT2D eigenvalue weighted by Gasteiger charge is 1.98. The van der Waals surface area contributed by atoms with Crippen molar-refractivity contribution < 1.29 is 0 Å². The highest BCUT2D eigenvalue weighted by atomic mass is 14.9. The lowest BCUT2D eigenvalue weighted by Crippen LogP contribution is -1.91. The lowest BCUT2D eigenvalue weighted by Gasteiger charge is -2.09. The molecule has 0 amide bonds. The van der Waals surface area contributed by atoms with Crippen molar-refractivity contribution in [3.05, 3.63) is 78.4 Å². The molecule has 0 aliphatic heterocycles. The molecule has 0 aliphatic rings. The summed E-state index contributed by atoms with van der Waals surface area (Å²) in [5.41, 5.74) is 3.41. The number of hydrogen-bond donors (Lipinski definition) is 1. The van der Waals surface area contributed by atoms with Crippen molar-refractivity contribution in [2.24, 2.45) is 0 Å². The van der Waals surface area contributed by atoms with Crippen LogP contribution in [0.5, 0.6) is 0 Å². The van der Waals surface area contributed by atoms with E-state index in [1.165, 1.54) is 5.56 Å². The van der Waals surface area contributed by atoms with Crippen molar-refractivity contribution in [2.45, 2.75) is 13.3 Å². The largest absolute Gasteiger partial charge is 0.355 e. The summed E-state index contributed by atoms with van der Waals surface area (Å²) in [5.74, 6) is 0. The quantitative estimate of drug-likeness (QED) is 0.699. The summed E-state index contributed by atoms with van der Waals surface area (Å²) in [6.45, 7) is 2.13. The van der Waals surface area contributed by atoms with Crippen LogP contribution in [-0.4, -0.2) is 0 Å². The number of para-hydroxylation sites is 2. The average Bonchev–Trinajstić information content (AvgIpc) is 2.46. The molecule has 0 aliphatic carbocycles. The molecule has 0 saturated heterocycles. The van der Waals surface area contributed by atoms with Gasteiger partial charge in [-0.2, -0.15) is 0 Å². The molecule has 0 fully saturated rings. The van der Waals surface area contributed by atoms with Gasteiger partial charge in [0.25, 0.3) is 0 Å². The molecule has 2 aromatic rings. The van der Waals surface area contributed by atoms with Crippen LogP contribution in [0.15, 0.2) is 72.8 Å². The standard InChI is InChI=1S/C18H19N/c1-2-3-4-6-11-16-12-9-10-15-18(16)19-17-13-7-5-8-14-17/h3-15,19H,2H2,1H3/b4-3-,11-6+. The molecule has 0 bridgehead atoms. The maximum absolute atomic E-state index is 3.44. The van der Waals surface area contributed by atoms with E-state index in [1.807, 2.05) is 24.3 Å². The average molecular weight is 249 g/mol. The second-order valence-electron chi connectivity index (χ2n) is 4.27. The zero-order valence-corrected chi connectivity index (χ0v) is 11.2. The zero-order chi connectivity index (χ0) is 13.3. The second kappa shape index (κ2) is 7.22. The van der Waals surface area contributed by atoms with Crippen LogP contribution in [0.2, 0.25) is 0 Å². The Labute approximate surface area is 115 Å². The van der Waals surface area contributed by atoms with E-state index < -0.39 is 0 Å². The number of nitrogens with one attached hydrogen (secondary N) is 1. The molecular weight excluding hydrogens is 230 g/mol. The van der Waals surface area contributed by atoms with Gasteiger partial charge in [-0.3, -0.25) is 0 Å². The van der Waals surface area contributed by atoms with Crippen LogP contribution in [-0.2, 0) is 0 Å². The van der Waals surface area contributed by atoms with Gasteiger partial charge in [-0.15, -0.1) is 0 Å². The first-order valence-electron chi connectivity index (χ1n) is 6.64. The molecule has 1 N–H and O–H groups in total. The molecule has 2 rings (SSSR count). The van der Waals surface area contributed by atoms with Gasteiger partial charge in [0.1, 0.15) is 0 Å². The van der Waals surface area contributed by atoms with Crippen molar-refractivity contribution in [3.63, 3.8) is 0 Å². The fourth-order valence-electron chi connectivity index (χ4n) is 1.81. The van der Waals surface area contributed by atoms with Gasteiger partial charge in [0.05, 0.1) is 0 Å². The molecule has 0 heterocycles. The summed E-state index contributed by atoms with van der Waals surface area (Å²) in [6, 6.07) is 18.5. The Kier molecular flexibility index (Phi) is 5.00. The molecule has 0 unspecified atom stereocenters. The Hall–Kier alpha value is -2.28. The third kappa shape index (κ3) is 4.14. The number of allylic oxidation sites excluding steroid dienone is 3. The lowest BCUT2D eigenvalue weighted by molar-refractivity contribution is 1.22. The van der Waals surface area contributed by atoms with Gasteiger partial charge in [0.15, 0.2) is 0 Å². The number of rotatable bonds is 5. The molecule has 0 spiro atoms. The summed E-state index contributed by atoms with van der Waals surface area (Å²) in [5, 5.41) is 3.44. The van der Waals surface area contributed by atoms with Gasteiger partial charge < -0.3 is 5.32 Å². The monoisotopic (exact) mass is 249 g/mol. The maximum atomic E-state index is 3.44. The predicted octanol–water partition coefficient (Wildman–Crippen LogP) is 5.41. The minimum absolute atomic E-state index is 1.06. The predicted molar refractivity (Wildman–Crippen MR) is 84.6 cm³/mol. The van der Waals surface area contributed by atoms with E-state index in [1.54, 1.807) is 0 Å². The Bertz CT molecular complexity index is 553. The Morgan fingerprint density at radius 3 is 2.42 bits per heavy atom. The summed E-state index contributed by atoms with van der Waals surface area (Å²) in [7, 11) is 0. The van der Waals surface area contributed by atoms with Crippen molar-refractivity contribution in [3.8, 4) is 0 Å². The molecule has 2 aromatic carbocycles. The van der Waals surface area contributed by atoms with Gasteiger partial charge in [0, 0.05) is 11.4 Å². The van der Waals surface area contributed by atoms with Crippen LogP contribution in [0.4, 0.5) is 11.4 Å². The topological polar surface area (TPSA) is 12.0 Å². The highest BCUT2D eigenvalue weighted by Crippen LogP contribution is 2.21. The number of hydrogen-bond acceptors (Lipinski definition) is 1. The third-order valence-electron chi connectivity index (χ3n) is 2.77. The van der Waals surface area contributed by atoms with E-state index in [2.05, 4.69) is 66.9 Å². The Balaban J connectivity index is 2.17. The lowest BCUT2D eigenvalue weighted by atomic mass is 10.1. The number of anilines is 2. The fourth-order valence-corrected chi connectivity index (χ4v) is 1.81. The normalized spacial score (nSPS) is 11.2. The highest BCUT2D eigenvalue weighted by molar-refractivity contribution is 5.72. The fraction of sp³-hybridized carbons (Fsp3) is 0.111. The van der Waals surface area contributed by atoms with Crippen LogP contribution in [0, 0.1) is 0 Å². The summed E-state index contributed by atoms with van der Waals surface area (Å²) in [6.07, 6.45) is 9.49. The van der Waals surface area contributed by atoms with Gasteiger partial charge in [0.2, 0.25) is 0 Å². The van der Waals surface area contributed by atoms with Crippen molar-refractivity contribution in [1.82, 2.24) is 0 Å². The van der Waals surface area contributed by atoms with Crippen LogP contribution in [0.25, 0.3) is 6.08 Å². The van der Waals surface area contributed by atoms with Crippen LogP contribution >= 0.6 is 0 Å². The van der Waals surface area contributed by atoms with E-state index in [0.29, 0.717) is 0 Å². The molecule has 0 saturated carbocycles. The van der Waals surface area contributed by atoms with Crippen molar-refractivity contribution in [2.75, 3.05) is 5.32 Å². The van der Waals surface area contributed by atoms with Crippen LogP contribution in [0.3, 0.4) is 0 Å². The van der Waals surface area contributed by atoms with Crippen molar-refractivity contribution in [1.29, 1.82) is 0 Å². The van der Waals surface area contributed by atoms with Crippen LogP contribution in [0.1, 0.15) is 18.9 Å². The first-order chi connectivity index (χ1) is 9.40. The van der Waals surface area contributed by atoms with Gasteiger partial charge in [-0.05, 0) is 30.2 Å². The molecule has 96 valence electrons. The summed E-state index contributed by atoms with van der Waals surface area (Å²) < 4.78 is 0. The maximum Gasteiger partial charge on any atom is 0.0457 e. The van der Waals surface area contributed by atoms with E-state index in [4.69, 9.17) is 0 Å². The second-order valence-corrected chi connectivity index (χ2v) is 4.27. The van der Waals surface area contributed by atoms with E-state index >= 15 is 0 Å². The first kappa shape index (κ1) is 13.2. The summed E-state index contributed by atoms with van der Waals surface area (Å²) >= 11 is 0. The van der Waals surface area contributed by atoms with Crippen molar-refractivity contribution >= 4 is 17.5 Å². The Morgan fingerprint density at radius 2 is 1.63 bits per heavy atom. The molecule has 1 heteroatoms. The smallest absolute Gasteiger partial charge is 0.0457 e. The molecule has 19 heavy (non-hydrogen) atoms. The first-order valence-corrected chi connectivity index (χ1v) is 6.64. The summed E-state index contributed by atoms with van der Waals surface area (Å²) in [4.78, 5) is 0. The minimum atomic E-state index is 1.06. The zero-order valence-electron chi connectivity index (χ0n) is 11.2. The van der Waals surface area contributed by atoms with E-state index in [9.17, 15) is 0 Å². The molecule has 0 atom stereocenters. The molecule has 0 radical (unpaired) electrons. The van der Waals surface area contributed by atoms with E-state index in [-0.39, 0.29) is 0 Å². The Morgan fingerprint density at radius 1 is 0.895 bits per heavy atom. The van der Waals surface area contributed by atoms with Gasteiger partial charge in [-0.25, -0.2) is 0 Å². The SMILES string of the molecule is CC/C=C\C=C\c1ccccc1Nc1ccccc1. The van der Waals surface area contributed by atoms with Gasteiger partial charge in [-0.1, -0.05) is 67.6 Å². The molecule has 1 nitrogen and oxygen atoms in total.